The Bertz CT molecular complexity index is 705. The zero-order chi connectivity index (χ0) is 19.8. The Hall–Kier alpha value is -2.02. The molecule has 1 N–H and O–H groups in total. The molecule has 0 aliphatic carbocycles. The van der Waals surface area contributed by atoms with Gasteiger partial charge in [-0.05, 0) is 18.1 Å². The van der Waals surface area contributed by atoms with Gasteiger partial charge in [0.25, 0.3) is 0 Å². The van der Waals surface area contributed by atoms with Crippen molar-refractivity contribution in [2.45, 2.75) is 50.8 Å². The number of aliphatic hydroxyl groups excluding tert-OH is 1. The Labute approximate surface area is 166 Å². The highest BCUT2D eigenvalue weighted by atomic mass is 16.7. The molecule has 0 unspecified atom stereocenters. The highest BCUT2D eigenvalue weighted by Crippen LogP contribution is 2.28. The summed E-state index contributed by atoms with van der Waals surface area (Å²) in [7, 11) is 0. The van der Waals surface area contributed by atoms with Crippen molar-refractivity contribution in [2.75, 3.05) is 6.61 Å². The lowest BCUT2D eigenvalue weighted by Gasteiger charge is -2.43. The van der Waals surface area contributed by atoms with Crippen molar-refractivity contribution in [1.29, 1.82) is 0 Å². The van der Waals surface area contributed by atoms with Gasteiger partial charge in [-0.15, -0.1) is 6.58 Å². The largest absolute Gasteiger partial charge is 0.387 e. The Balaban J connectivity index is 1.64. The second-order valence-electron chi connectivity index (χ2n) is 6.84. The molecule has 1 saturated heterocycles. The van der Waals surface area contributed by atoms with Gasteiger partial charge in [-0.2, -0.15) is 0 Å². The van der Waals surface area contributed by atoms with E-state index in [1.165, 1.54) is 0 Å². The number of aliphatic hydroxyl groups is 1. The molecule has 1 fully saturated rings. The Morgan fingerprint density at radius 3 is 2.04 bits per heavy atom. The van der Waals surface area contributed by atoms with Crippen LogP contribution in [0.25, 0.3) is 0 Å². The second kappa shape index (κ2) is 10.5. The normalized spacial score (nSPS) is 27.4. The van der Waals surface area contributed by atoms with Crippen molar-refractivity contribution in [3.63, 3.8) is 0 Å². The summed E-state index contributed by atoms with van der Waals surface area (Å²) < 4.78 is 23.7. The van der Waals surface area contributed by atoms with E-state index >= 15 is 0 Å². The number of ether oxygens (including phenoxy) is 4. The van der Waals surface area contributed by atoms with Gasteiger partial charge in [0.15, 0.2) is 6.29 Å². The minimum Gasteiger partial charge on any atom is -0.387 e. The van der Waals surface area contributed by atoms with E-state index in [0.717, 1.165) is 11.1 Å². The maximum atomic E-state index is 10.9. The van der Waals surface area contributed by atoms with Gasteiger partial charge in [-0.3, -0.25) is 0 Å². The molecule has 5 nitrogen and oxygen atoms in total. The van der Waals surface area contributed by atoms with Crippen molar-refractivity contribution in [3.05, 3.63) is 84.4 Å². The minimum absolute atomic E-state index is 0.288. The van der Waals surface area contributed by atoms with Crippen LogP contribution in [0, 0.1) is 0 Å². The molecule has 0 bridgehead atoms. The molecule has 0 radical (unpaired) electrons. The fraction of sp³-hybridized carbons (Fsp3) is 0.391. The van der Waals surface area contributed by atoms with E-state index in [0.29, 0.717) is 13.2 Å². The van der Waals surface area contributed by atoms with Gasteiger partial charge < -0.3 is 24.1 Å². The van der Waals surface area contributed by atoms with E-state index in [4.69, 9.17) is 18.9 Å². The van der Waals surface area contributed by atoms with Crippen LogP contribution < -0.4 is 0 Å². The molecule has 28 heavy (non-hydrogen) atoms. The predicted molar refractivity (Wildman–Crippen MR) is 107 cm³/mol. The molecule has 5 heteroatoms. The summed E-state index contributed by atoms with van der Waals surface area (Å²) >= 11 is 0. The Morgan fingerprint density at radius 2 is 1.46 bits per heavy atom. The van der Waals surface area contributed by atoms with E-state index < -0.39 is 24.6 Å². The van der Waals surface area contributed by atoms with Crippen LogP contribution in [0.3, 0.4) is 0 Å². The monoisotopic (exact) mass is 384 g/mol. The van der Waals surface area contributed by atoms with Gasteiger partial charge in [0.05, 0.1) is 25.9 Å². The third kappa shape index (κ3) is 5.50. The summed E-state index contributed by atoms with van der Waals surface area (Å²) in [5, 5.41) is 10.9. The summed E-state index contributed by atoms with van der Waals surface area (Å²) in [6.45, 7) is 6.60. The topological polar surface area (TPSA) is 57.2 Å². The molecule has 5 atom stereocenters. The first-order chi connectivity index (χ1) is 13.7. The number of benzene rings is 2. The predicted octanol–water partition coefficient (Wildman–Crippen LogP) is 3.47. The molecule has 3 rings (SSSR count). The SMILES string of the molecule is C=CCO[C@H]1[C@H](OCc2ccccc2)O[C@@H](C)[C@H](OCc2ccccc2)[C@H]1O. The highest BCUT2D eigenvalue weighted by molar-refractivity contribution is 5.14. The van der Waals surface area contributed by atoms with Crippen LogP contribution in [-0.4, -0.2) is 42.4 Å². The number of hydrogen-bond donors (Lipinski definition) is 1. The first kappa shape index (κ1) is 20.7. The third-order valence-corrected chi connectivity index (χ3v) is 4.70. The molecular weight excluding hydrogens is 356 g/mol. The summed E-state index contributed by atoms with van der Waals surface area (Å²) in [5.74, 6) is 0. The van der Waals surface area contributed by atoms with Gasteiger partial charge in [0.2, 0.25) is 0 Å². The number of rotatable bonds is 9. The maximum absolute atomic E-state index is 10.9. The van der Waals surface area contributed by atoms with Crippen LogP contribution in [0.15, 0.2) is 73.3 Å². The van der Waals surface area contributed by atoms with Crippen LogP contribution in [0.1, 0.15) is 18.1 Å². The van der Waals surface area contributed by atoms with E-state index in [-0.39, 0.29) is 12.7 Å². The summed E-state index contributed by atoms with van der Waals surface area (Å²) in [6.07, 6.45) is -1.47. The van der Waals surface area contributed by atoms with Gasteiger partial charge in [-0.1, -0.05) is 66.7 Å². The molecule has 0 aromatic heterocycles. The number of hydrogen-bond acceptors (Lipinski definition) is 5. The molecule has 0 amide bonds. The van der Waals surface area contributed by atoms with Crippen LogP contribution in [0.4, 0.5) is 0 Å². The Kier molecular flexibility index (Phi) is 7.77. The fourth-order valence-electron chi connectivity index (χ4n) is 3.24. The van der Waals surface area contributed by atoms with E-state index in [9.17, 15) is 5.11 Å². The Morgan fingerprint density at radius 1 is 0.893 bits per heavy atom. The van der Waals surface area contributed by atoms with Crippen molar-refractivity contribution in [1.82, 2.24) is 0 Å². The molecule has 0 spiro atoms. The average molecular weight is 384 g/mol. The zero-order valence-electron chi connectivity index (χ0n) is 16.1. The zero-order valence-corrected chi connectivity index (χ0v) is 16.1. The third-order valence-electron chi connectivity index (χ3n) is 4.70. The van der Waals surface area contributed by atoms with E-state index in [1.54, 1.807) is 6.08 Å². The molecule has 0 saturated carbocycles. The highest BCUT2D eigenvalue weighted by Gasteiger charge is 2.45. The molecule has 2 aromatic rings. The van der Waals surface area contributed by atoms with Crippen LogP contribution in [0.5, 0.6) is 0 Å². The van der Waals surface area contributed by atoms with Crippen LogP contribution >= 0.6 is 0 Å². The summed E-state index contributed by atoms with van der Waals surface area (Å²) in [4.78, 5) is 0. The van der Waals surface area contributed by atoms with E-state index in [1.807, 2.05) is 67.6 Å². The summed E-state index contributed by atoms with van der Waals surface area (Å²) in [5.41, 5.74) is 2.06. The fourth-order valence-corrected chi connectivity index (χ4v) is 3.24. The molecule has 2 aromatic carbocycles. The van der Waals surface area contributed by atoms with Crippen molar-refractivity contribution < 1.29 is 24.1 Å². The average Bonchev–Trinajstić information content (AvgIpc) is 2.73. The quantitative estimate of drug-likeness (QED) is 0.671. The lowest BCUT2D eigenvalue weighted by molar-refractivity contribution is -0.311. The standard InChI is InChI=1S/C23H28O5/c1-3-14-25-22-20(24)21(26-15-18-10-6-4-7-11-18)17(2)28-23(22)27-16-19-12-8-5-9-13-19/h3-13,17,20-24H,1,14-16H2,2H3/t17-,20+,21-,22+,23+/m0/s1. The molecule has 1 aliphatic rings. The van der Waals surface area contributed by atoms with Crippen LogP contribution in [0.2, 0.25) is 0 Å². The first-order valence-corrected chi connectivity index (χ1v) is 9.56. The van der Waals surface area contributed by atoms with Gasteiger partial charge in [0.1, 0.15) is 18.3 Å². The molecule has 1 heterocycles. The van der Waals surface area contributed by atoms with Gasteiger partial charge >= 0.3 is 0 Å². The van der Waals surface area contributed by atoms with Gasteiger partial charge in [-0.25, -0.2) is 0 Å². The van der Waals surface area contributed by atoms with Crippen molar-refractivity contribution in [2.24, 2.45) is 0 Å². The van der Waals surface area contributed by atoms with Crippen molar-refractivity contribution >= 4 is 0 Å². The van der Waals surface area contributed by atoms with E-state index in [2.05, 4.69) is 6.58 Å². The lowest BCUT2D eigenvalue weighted by Crippen LogP contribution is -2.59. The smallest absolute Gasteiger partial charge is 0.187 e. The summed E-state index contributed by atoms with van der Waals surface area (Å²) in [6, 6.07) is 19.7. The van der Waals surface area contributed by atoms with Crippen LogP contribution in [-0.2, 0) is 32.2 Å². The van der Waals surface area contributed by atoms with Crippen molar-refractivity contribution in [3.8, 4) is 0 Å². The molecule has 1 aliphatic heterocycles. The molecular formula is C23H28O5. The molecule has 150 valence electrons. The second-order valence-corrected chi connectivity index (χ2v) is 6.84. The lowest BCUT2D eigenvalue weighted by atomic mass is 9.99. The first-order valence-electron chi connectivity index (χ1n) is 9.56. The minimum atomic E-state index is -0.881. The van der Waals surface area contributed by atoms with Gasteiger partial charge in [0, 0.05) is 0 Å². The maximum Gasteiger partial charge on any atom is 0.187 e.